The van der Waals surface area contributed by atoms with E-state index in [4.69, 9.17) is 8.83 Å². The van der Waals surface area contributed by atoms with Gasteiger partial charge < -0.3 is 23.1 Å². The molecule has 14 aromatic rings. The third-order valence-electron chi connectivity index (χ3n) is 18.4. The summed E-state index contributed by atoms with van der Waals surface area (Å²) in [6, 6.07) is 69.2. The van der Waals surface area contributed by atoms with Gasteiger partial charge in [-0.1, -0.05) is 162 Å². The van der Waals surface area contributed by atoms with Crippen LogP contribution in [0.4, 0.5) is 28.4 Å². The normalized spacial score (nSPS) is 13.7. The molecule has 0 saturated carbocycles. The smallest absolute Gasteiger partial charge is 0.333 e. The number of furan rings is 2. The van der Waals surface area contributed by atoms with Crippen LogP contribution in [0, 0.1) is 0 Å². The van der Waals surface area contributed by atoms with Gasteiger partial charge in [0.05, 0.1) is 16.4 Å². The van der Waals surface area contributed by atoms with Crippen molar-refractivity contribution in [1.29, 1.82) is 0 Å². The van der Waals surface area contributed by atoms with Gasteiger partial charge in [-0.15, -0.1) is 11.3 Å². The molecule has 0 aliphatic carbocycles. The SMILES string of the molecule is CC(C)(C)c1ccc(N2B3c4cc5oc6ccccc6c5cc4-n4c5ccc(C(C)(C)C)cc5c5c6oc7ccccc7c6c(c3c54)-c3cc4c(cc32)sc2ccc(N(c3ccc(C(C)(C)C)cc3)c3ccc(C(C)(C)C)cc3)cc24)cc1. The van der Waals surface area contributed by atoms with Crippen molar-refractivity contribution >= 4 is 143 Å². The second-order valence-electron chi connectivity index (χ2n) is 27.8. The van der Waals surface area contributed by atoms with Gasteiger partial charge in [0.2, 0.25) is 0 Å². The zero-order chi connectivity index (χ0) is 57.0. The zero-order valence-corrected chi connectivity index (χ0v) is 50.3. The summed E-state index contributed by atoms with van der Waals surface area (Å²) >= 11 is 1.88. The van der Waals surface area contributed by atoms with Gasteiger partial charge >= 0.3 is 6.85 Å². The molecule has 0 amide bonds. The molecule has 406 valence electrons. The summed E-state index contributed by atoms with van der Waals surface area (Å²) in [7, 11) is 0. The van der Waals surface area contributed by atoms with Crippen molar-refractivity contribution in [3.63, 3.8) is 0 Å². The molecule has 0 radical (unpaired) electrons. The Labute approximate surface area is 489 Å². The first-order valence-corrected chi connectivity index (χ1v) is 30.3. The zero-order valence-electron chi connectivity index (χ0n) is 49.5. The number of nitrogens with zero attached hydrogens (tertiary/aromatic N) is 3. The number of fused-ring (bicyclic) bond motifs is 19. The molecule has 2 aliphatic rings. The largest absolute Gasteiger partial charge is 0.456 e. The standard InChI is InChI=1S/C76H66BN3O2S/c1-73(2,3)43-21-28-47(29-22-43)78(48-30-23-44(24-31-48)74(4,5)6)50-34-36-65-54(38-50)55-39-57-60(42-66(55)83-65)80(49-32-25-45(26-33-49)75(7,8)9)77-58-41-64-53(51-17-13-15-19-62(51)81-64)40-61(58)79-59-35-27-46(76(10,11)12)37-56(59)69-71(79)70(77)67(57)68-52-18-14-16-20-63(52)82-72(68)69/h13-42H,1-12H3. The Kier molecular flexibility index (Phi) is 10.3. The van der Waals surface area contributed by atoms with Gasteiger partial charge in [0.25, 0.3) is 0 Å². The molecule has 0 spiro atoms. The Morgan fingerprint density at radius 3 is 1.63 bits per heavy atom. The summed E-state index contributed by atoms with van der Waals surface area (Å²) in [5.74, 6) is 0. The Morgan fingerprint density at radius 2 is 0.988 bits per heavy atom. The lowest BCUT2D eigenvalue weighted by molar-refractivity contribution is 0.590. The highest BCUT2D eigenvalue weighted by molar-refractivity contribution is 7.26. The summed E-state index contributed by atoms with van der Waals surface area (Å²) < 4.78 is 19.4. The molecule has 0 atom stereocenters. The molecule has 5 nitrogen and oxygen atoms in total. The minimum Gasteiger partial charge on any atom is -0.456 e. The third kappa shape index (κ3) is 7.39. The number of anilines is 5. The van der Waals surface area contributed by atoms with E-state index in [1.807, 2.05) is 11.3 Å². The minimum atomic E-state index is -0.244. The van der Waals surface area contributed by atoms with Crippen molar-refractivity contribution in [3.05, 3.63) is 204 Å². The highest BCUT2D eigenvalue weighted by Crippen LogP contribution is 2.54. The topological polar surface area (TPSA) is 37.7 Å². The van der Waals surface area contributed by atoms with Gasteiger partial charge in [-0.25, -0.2) is 0 Å². The van der Waals surface area contributed by atoms with Crippen LogP contribution >= 0.6 is 11.3 Å². The molecule has 0 fully saturated rings. The van der Waals surface area contributed by atoms with Crippen LogP contribution in [-0.4, -0.2) is 11.4 Å². The predicted molar refractivity (Wildman–Crippen MR) is 357 cm³/mol. The van der Waals surface area contributed by atoms with Gasteiger partial charge in [-0.05, 0) is 164 Å². The molecule has 0 bridgehead atoms. The lowest BCUT2D eigenvalue weighted by atomic mass is 9.43. The average molecular weight is 1100 g/mol. The predicted octanol–water partition coefficient (Wildman–Crippen LogP) is 20.8. The lowest BCUT2D eigenvalue weighted by Gasteiger charge is -2.42. The van der Waals surface area contributed by atoms with E-state index < -0.39 is 0 Å². The van der Waals surface area contributed by atoms with Crippen molar-refractivity contribution in [3.8, 4) is 16.8 Å². The quantitative estimate of drug-likeness (QED) is 0.165. The van der Waals surface area contributed by atoms with E-state index in [0.29, 0.717) is 0 Å². The van der Waals surface area contributed by atoms with Crippen LogP contribution in [0.5, 0.6) is 0 Å². The molecule has 16 rings (SSSR count). The summed E-state index contributed by atoms with van der Waals surface area (Å²) in [5.41, 5.74) is 22.9. The van der Waals surface area contributed by atoms with Crippen LogP contribution in [0.25, 0.3) is 103 Å². The van der Waals surface area contributed by atoms with Gasteiger partial charge in [0, 0.05) is 86.8 Å². The van der Waals surface area contributed by atoms with Crippen molar-refractivity contribution in [1.82, 2.24) is 4.57 Å². The maximum atomic E-state index is 7.39. The maximum Gasteiger partial charge on any atom is 0.333 e. The molecule has 0 saturated heterocycles. The van der Waals surface area contributed by atoms with E-state index in [9.17, 15) is 0 Å². The van der Waals surface area contributed by atoms with Gasteiger partial charge in [0.1, 0.15) is 22.3 Å². The molecule has 0 N–H and O–H groups in total. The molecule has 4 aromatic heterocycles. The van der Waals surface area contributed by atoms with Crippen LogP contribution in [0.2, 0.25) is 0 Å². The first-order valence-electron chi connectivity index (χ1n) is 29.5. The van der Waals surface area contributed by atoms with E-state index in [0.717, 1.165) is 77.7 Å². The van der Waals surface area contributed by atoms with E-state index in [1.54, 1.807) is 0 Å². The van der Waals surface area contributed by atoms with Gasteiger partial charge in [-0.2, -0.15) is 0 Å². The molecular weight excluding hydrogens is 1030 g/mol. The summed E-state index contributed by atoms with van der Waals surface area (Å²) in [6.45, 7) is 27.4. The first kappa shape index (κ1) is 50.2. The van der Waals surface area contributed by atoms with E-state index in [1.165, 1.54) is 86.6 Å². The first-order chi connectivity index (χ1) is 39.7. The molecule has 2 aliphatic heterocycles. The number of hydrogen-bond donors (Lipinski definition) is 0. The Morgan fingerprint density at radius 1 is 0.422 bits per heavy atom. The molecule has 10 aromatic carbocycles. The summed E-state index contributed by atoms with van der Waals surface area (Å²) in [5, 5.41) is 9.35. The lowest BCUT2D eigenvalue weighted by Crippen LogP contribution is -2.60. The van der Waals surface area contributed by atoms with Gasteiger partial charge in [-0.3, -0.25) is 0 Å². The van der Waals surface area contributed by atoms with Crippen LogP contribution in [0.15, 0.2) is 191 Å². The number of hydrogen-bond acceptors (Lipinski definition) is 5. The fourth-order valence-corrected chi connectivity index (χ4v) is 15.0. The van der Waals surface area contributed by atoms with Gasteiger partial charge in [0.15, 0.2) is 0 Å². The summed E-state index contributed by atoms with van der Waals surface area (Å²) in [6.07, 6.45) is 0. The van der Waals surface area contributed by atoms with Crippen LogP contribution in [0.1, 0.15) is 105 Å². The second-order valence-corrected chi connectivity index (χ2v) is 28.9. The minimum absolute atomic E-state index is 0.0222. The average Bonchev–Trinajstić information content (AvgIpc) is 1.83. The fraction of sp³-hybridized carbons (Fsp3) is 0.211. The van der Waals surface area contributed by atoms with E-state index in [-0.39, 0.29) is 28.5 Å². The molecule has 0 unspecified atom stereocenters. The Balaban J connectivity index is 1.03. The number of aromatic nitrogens is 1. The molecule has 6 heterocycles. The molecule has 7 heteroatoms. The van der Waals surface area contributed by atoms with Crippen molar-refractivity contribution in [2.45, 2.75) is 105 Å². The van der Waals surface area contributed by atoms with Crippen molar-refractivity contribution in [2.24, 2.45) is 0 Å². The van der Waals surface area contributed by atoms with E-state index >= 15 is 0 Å². The maximum absolute atomic E-state index is 7.39. The molecule has 83 heavy (non-hydrogen) atoms. The second kappa shape index (κ2) is 17.0. The highest BCUT2D eigenvalue weighted by atomic mass is 32.1. The Bertz CT molecular complexity index is 5000. The van der Waals surface area contributed by atoms with Crippen LogP contribution in [-0.2, 0) is 21.7 Å². The van der Waals surface area contributed by atoms with Crippen molar-refractivity contribution in [2.75, 3.05) is 9.71 Å². The van der Waals surface area contributed by atoms with Crippen molar-refractivity contribution < 1.29 is 8.83 Å². The monoisotopic (exact) mass is 1100 g/mol. The Hall–Kier alpha value is -8.52. The van der Waals surface area contributed by atoms with Crippen LogP contribution < -0.4 is 20.6 Å². The summed E-state index contributed by atoms with van der Waals surface area (Å²) in [4.78, 5) is 5.11. The number of benzene rings is 10. The highest BCUT2D eigenvalue weighted by Gasteiger charge is 2.47. The van der Waals surface area contributed by atoms with Crippen LogP contribution in [0.3, 0.4) is 0 Å². The number of thiophene rings is 1. The molecular formula is C76H66BN3O2S. The number of para-hydroxylation sites is 2. The van der Waals surface area contributed by atoms with E-state index in [2.05, 4.69) is 279 Å². The fourth-order valence-electron chi connectivity index (χ4n) is 13.9. The third-order valence-corrected chi connectivity index (χ3v) is 19.5. The number of rotatable bonds is 4.